The molecule has 0 aliphatic carbocycles. The molecule has 1 atom stereocenters. The molecule has 0 aromatic heterocycles. The van der Waals surface area contributed by atoms with Gasteiger partial charge in [-0.3, -0.25) is 0 Å². The van der Waals surface area contributed by atoms with Gasteiger partial charge >= 0.3 is 0 Å². The van der Waals surface area contributed by atoms with Crippen LogP contribution in [0.25, 0.3) is 0 Å². The molecule has 5 heteroatoms. The van der Waals surface area contributed by atoms with Crippen molar-refractivity contribution >= 4 is 0 Å². The third-order valence-corrected chi connectivity index (χ3v) is 2.75. The van der Waals surface area contributed by atoms with E-state index in [1.54, 1.807) is 13.2 Å². The van der Waals surface area contributed by atoms with E-state index < -0.39 is 6.10 Å². The summed E-state index contributed by atoms with van der Waals surface area (Å²) in [6.07, 6.45) is 2.12. The first-order chi connectivity index (χ1) is 10.3. The second-order valence-corrected chi connectivity index (χ2v) is 4.54. The average Bonchev–Trinajstić information content (AvgIpc) is 2.52. The first-order valence-electron chi connectivity index (χ1n) is 7.10. The number of ether oxygens (including phenoxy) is 3. The van der Waals surface area contributed by atoms with E-state index in [2.05, 4.69) is 11.9 Å². The second kappa shape index (κ2) is 11.1. The van der Waals surface area contributed by atoms with Crippen molar-refractivity contribution in [3.8, 4) is 11.5 Å². The van der Waals surface area contributed by atoms with Gasteiger partial charge in [0.05, 0.1) is 20.3 Å². The van der Waals surface area contributed by atoms with Gasteiger partial charge in [0, 0.05) is 19.2 Å². The number of benzene rings is 1. The molecule has 0 aliphatic rings. The van der Waals surface area contributed by atoms with Gasteiger partial charge < -0.3 is 24.6 Å². The lowest BCUT2D eigenvalue weighted by Gasteiger charge is -2.13. The summed E-state index contributed by atoms with van der Waals surface area (Å²) in [6, 6.07) is 7.31. The van der Waals surface area contributed by atoms with Crippen LogP contribution in [0.1, 0.15) is 6.42 Å². The number of hydrogen-bond acceptors (Lipinski definition) is 5. The monoisotopic (exact) mass is 295 g/mol. The Morgan fingerprint density at radius 1 is 1.33 bits per heavy atom. The number of hydrogen-bond donors (Lipinski definition) is 2. The van der Waals surface area contributed by atoms with Crippen molar-refractivity contribution in [2.24, 2.45) is 0 Å². The molecule has 1 aromatic rings. The van der Waals surface area contributed by atoms with Gasteiger partial charge in [-0.05, 0) is 18.6 Å². The summed E-state index contributed by atoms with van der Waals surface area (Å²) in [5.41, 5.74) is 0. The SMILES string of the molecule is C=CCCOCCNCC(O)COc1cccc(OC)c1. The fourth-order valence-electron chi connectivity index (χ4n) is 1.62. The van der Waals surface area contributed by atoms with Crippen molar-refractivity contribution < 1.29 is 19.3 Å². The van der Waals surface area contributed by atoms with E-state index in [4.69, 9.17) is 14.2 Å². The maximum atomic E-state index is 9.80. The Morgan fingerprint density at radius 3 is 2.90 bits per heavy atom. The van der Waals surface area contributed by atoms with Crippen molar-refractivity contribution in [3.05, 3.63) is 36.9 Å². The van der Waals surface area contributed by atoms with Crippen LogP contribution in [0.4, 0.5) is 0 Å². The molecule has 2 N–H and O–H groups in total. The number of rotatable bonds is 12. The van der Waals surface area contributed by atoms with Crippen molar-refractivity contribution in [2.45, 2.75) is 12.5 Å². The Labute approximate surface area is 126 Å². The highest BCUT2D eigenvalue weighted by atomic mass is 16.5. The lowest BCUT2D eigenvalue weighted by Crippen LogP contribution is -2.33. The Kier molecular flexibility index (Phi) is 9.28. The summed E-state index contributed by atoms with van der Waals surface area (Å²) >= 11 is 0. The molecular weight excluding hydrogens is 270 g/mol. The smallest absolute Gasteiger partial charge is 0.123 e. The van der Waals surface area contributed by atoms with Crippen LogP contribution in [-0.2, 0) is 4.74 Å². The Hall–Kier alpha value is -1.56. The molecule has 0 saturated carbocycles. The molecule has 21 heavy (non-hydrogen) atoms. The van der Waals surface area contributed by atoms with E-state index in [1.165, 1.54) is 0 Å². The summed E-state index contributed by atoms with van der Waals surface area (Å²) in [7, 11) is 1.61. The molecule has 1 aromatic carbocycles. The molecule has 0 bridgehead atoms. The van der Waals surface area contributed by atoms with Gasteiger partial charge in [-0.25, -0.2) is 0 Å². The van der Waals surface area contributed by atoms with Crippen LogP contribution >= 0.6 is 0 Å². The quantitative estimate of drug-likeness (QED) is 0.453. The summed E-state index contributed by atoms with van der Waals surface area (Å²) in [5, 5.41) is 12.9. The Morgan fingerprint density at radius 2 is 2.14 bits per heavy atom. The van der Waals surface area contributed by atoms with Crippen molar-refractivity contribution in [1.82, 2.24) is 5.32 Å². The standard InChI is InChI=1S/C16H25NO4/c1-3-4-9-20-10-8-17-12-14(18)13-21-16-7-5-6-15(11-16)19-2/h3,5-7,11,14,17-18H,1,4,8-10,12-13H2,2H3. The minimum atomic E-state index is -0.565. The molecule has 1 rings (SSSR count). The van der Waals surface area contributed by atoms with Gasteiger partial charge in [0.25, 0.3) is 0 Å². The van der Waals surface area contributed by atoms with Crippen molar-refractivity contribution in [2.75, 3.05) is 40.0 Å². The fourth-order valence-corrected chi connectivity index (χ4v) is 1.62. The number of methoxy groups -OCH3 is 1. The zero-order valence-corrected chi connectivity index (χ0v) is 12.6. The number of aliphatic hydroxyl groups is 1. The van der Waals surface area contributed by atoms with Gasteiger partial charge in [0.2, 0.25) is 0 Å². The summed E-state index contributed by atoms with van der Waals surface area (Å²) in [4.78, 5) is 0. The average molecular weight is 295 g/mol. The first kappa shape index (κ1) is 17.5. The van der Waals surface area contributed by atoms with E-state index in [0.717, 1.165) is 12.2 Å². The highest BCUT2D eigenvalue weighted by Gasteiger charge is 2.05. The molecule has 118 valence electrons. The molecule has 1 unspecified atom stereocenters. The lowest BCUT2D eigenvalue weighted by molar-refractivity contribution is 0.0992. The molecule has 0 heterocycles. The summed E-state index contributed by atoms with van der Waals surface area (Å²) in [5.74, 6) is 1.41. The van der Waals surface area contributed by atoms with E-state index in [0.29, 0.717) is 32.1 Å². The lowest BCUT2D eigenvalue weighted by atomic mass is 10.3. The molecule has 0 spiro atoms. The molecule has 0 saturated heterocycles. The summed E-state index contributed by atoms with van der Waals surface area (Å²) in [6.45, 7) is 6.34. The van der Waals surface area contributed by atoms with Gasteiger partial charge in [-0.15, -0.1) is 6.58 Å². The molecule has 0 fully saturated rings. The minimum absolute atomic E-state index is 0.234. The normalized spacial score (nSPS) is 11.9. The van der Waals surface area contributed by atoms with Crippen LogP contribution < -0.4 is 14.8 Å². The minimum Gasteiger partial charge on any atom is -0.497 e. The van der Waals surface area contributed by atoms with Gasteiger partial charge in [0.15, 0.2) is 0 Å². The maximum Gasteiger partial charge on any atom is 0.123 e. The van der Waals surface area contributed by atoms with E-state index in [-0.39, 0.29) is 6.61 Å². The van der Waals surface area contributed by atoms with Crippen LogP contribution in [0.5, 0.6) is 11.5 Å². The van der Waals surface area contributed by atoms with Gasteiger partial charge in [0.1, 0.15) is 24.2 Å². The van der Waals surface area contributed by atoms with Gasteiger partial charge in [-0.1, -0.05) is 12.1 Å². The third kappa shape index (κ3) is 8.34. The zero-order valence-electron chi connectivity index (χ0n) is 12.6. The fraction of sp³-hybridized carbons (Fsp3) is 0.500. The number of aliphatic hydroxyl groups excluding tert-OH is 1. The highest BCUT2D eigenvalue weighted by Crippen LogP contribution is 2.18. The predicted octanol–water partition coefficient (Wildman–Crippen LogP) is 1.62. The maximum absolute atomic E-state index is 9.80. The first-order valence-corrected chi connectivity index (χ1v) is 7.10. The van der Waals surface area contributed by atoms with E-state index >= 15 is 0 Å². The number of nitrogens with one attached hydrogen (secondary N) is 1. The summed E-state index contributed by atoms with van der Waals surface area (Å²) < 4.78 is 16.0. The Balaban J connectivity index is 2.07. The van der Waals surface area contributed by atoms with Crippen LogP contribution in [0.15, 0.2) is 36.9 Å². The van der Waals surface area contributed by atoms with Crippen LogP contribution in [0, 0.1) is 0 Å². The molecular formula is C16H25NO4. The van der Waals surface area contributed by atoms with Crippen molar-refractivity contribution in [1.29, 1.82) is 0 Å². The van der Waals surface area contributed by atoms with E-state index in [9.17, 15) is 5.11 Å². The topological polar surface area (TPSA) is 60.0 Å². The Bertz CT molecular complexity index is 398. The predicted molar refractivity (Wildman–Crippen MR) is 83.0 cm³/mol. The van der Waals surface area contributed by atoms with E-state index in [1.807, 2.05) is 24.3 Å². The van der Waals surface area contributed by atoms with Gasteiger partial charge in [-0.2, -0.15) is 0 Å². The second-order valence-electron chi connectivity index (χ2n) is 4.54. The van der Waals surface area contributed by atoms with Crippen LogP contribution in [-0.4, -0.2) is 51.2 Å². The van der Waals surface area contributed by atoms with Crippen LogP contribution in [0.3, 0.4) is 0 Å². The molecule has 0 amide bonds. The van der Waals surface area contributed by atoms with Crippen LogP contribution in [0.2, 0.25) is 0 Å². The molecule has 0 aliphatic heterocycles. The van der Waals surface area contributed by atoms with Crippen molar-refractivity contribution in [3.63, 3.8) is 0 Å². The molecule has 5 nitrogen and oxygen atoms in total. The zero-order chi connectivity index (χ0) is 15.3. The largest absolute Gasteiger partial charge is 0.497 e. The molecule has 0 radical (unpaired) electrons. The third-order valence-electron chi connectivity index (χ3n) is 2.75. The highest BCUT2D eigenvalue weighted by molar-refractivity contribution is 5.32.